The standard InChI is InChI=1S/C26H28O3S.C3H9NO/c27-20-6-1-2-7-21-30(28,29)26-18-14-23(15-19-26)11-10-22-12-16-25(17-13-22)24-8-4-3-5-9-24;1-4-2-3-5/h3-5,8-19,27H,1-2,6-7,20-21H2;4-5H,2-3H2,1H3. The highest BCUT2D eigenvalue weighted by atomic mass is 32.2. The first-order valence-electron chi connectivity index (χ1n) is 12.0. The van der Waals surface area contributed by atoms with Crippen LogP contribution in [0.2, 0.25) is 0 Å². The number of unbranched alkanes of at least 4 members (excludes halogenated alkanes) is 3. The number of likely N-dealkylation sites (N-methyl/N-ethyl adjacent to an activating group) is 1. The molecular formula is C29H37NO4S. The third-order valence-corrected chi connectivity index (χ3v) is 7.22. The number of nitrogens with one attached hydrogen (secondary N) is 1. The van der Waals surface area contributed by atoms with E-state index in [1.165, 1.54) is 11.1 Å². The quantitative estimate of drug-likeness (QED) is 0.242. The maximum Gasteiger partial charge on any atom is 0.178 e. The van der Waals surface area contributed by atoms with E-state index in [4.69, 9.17) is 10.2 Å². The van der Waals surface area contributed by atoms with Gasteiger partial charge >= 0.3 is 0 Å². The van der Waals surface area contributed by atoms with Gasteiger partial charge in [-0.1, -0.05) is 91.7 Å². The number of rotatable bonds is 12. The Balaban J connectivity index is 0.000000784. The normalized spacial score (nSPS) is 11.3. The second-order valence-electron chi connectivity index (χ2n) is 8.17. The van der Waals surface area contributed by atoms with E-state index in [2.05, 4.69) is 41.7 Å². The first-order valence-corrected chi connectivity index (χ1v) is 13.7. The lowest BCUT2D eigenvalue weighted by atomic mass is 10.0. The zero-order valence-corrected chi connectivity index (χ0v) is 21.3. The van der Waals surface area contributed by atoms with Gasteiger partial charge in [-0.3, -0.25) is 0 Å². The number of aliphatic hydroxyl groups is 2. The highest BCUT2D eigenvalue weighted by Crippen LogP contribution is 2.21. The van der Waals surface area contributed by atoms with Gasteiger partial charge in [-0.05, 0) is 54.3 Å². The van der Waals surface area contributed by atoms with Gasteiger partial charge in [0.05, 0.1) is 17.3 Å². The van der Waals surface area contributed by atoms with Gasteiger partial charge in [0.2, 0.25) is 0 Å². The summed E-state index contributed by atoms with van der Waals surface area (Å²) >= 11 is 0. The molecule has 5 nitrogen and oxygen atoms in total. The van der Waals surface area contributed by atoms with Gasteiger partial charge in [0.1, 0.15) is 0 Å². The lowest BCUT2D eigenvalue weighted by Gasteiger charge is -2.05. The van der Waals surface area contributed by atoms with Crippen molar-refractivity contribution in [2.75, 3.05) is 32.6 Å². The number of hydrogen-bond donors (Lipinski definition) is 3. The molecule has 0 bridgehead atoms. The van der Waals surface area contributed by atoms with E-state index in [1.807, 2.05) is 42.5 Å². The molecule has 0 unspecified atom stereocenters. The zero-order chi connectivity index (χ0) is 25.4. The maximum atomic E-state index is 12.4. The predicted octanol–water partition coefficient (Wildman–Crippen LogP) is 5.05. The second kappa shape index (κ2) is 16.0. The van der Waals surface area contributed by atoms with Gasteiger partial charge in [-0.15, -0.1) is 0 Å². The molecule has 3 rings (SSSR count). The van der Waals surface area contributed by atoms with Crippen LogP contribution in [0.15, 0.2) is 83.8 Å². The summed E-state index contributed by atoms with van der Waals surface area (Å²) in [6.45, 7) is 1.09. The van der Waals surface area contributed by atoms with Crippen LogP contribution < -0.4 is 5.32 Å². The smallest absolute Gasteiger partial charge is 0.178 e. The van der Waals surface area contributed by atoms with Crippen LogP contribution >= 0.6 is 0 Å². The molecule has 0 radical (unpaired) electrons. The molecule has 0 aromatic heterocycles. The van der Waals surface area contributed by atoms with Crippen molar-refractivity contribution in [3.05, 3.63) is 90.0 Å². The van der Waals surface area contributed by atoms with Crippen LogP contribution in [0.5, 0.6) is 0 Å². The van der Waals surface area contributed by atoms with E-state index in [9.17, 15) is 8.42 Å². The minimum Gasteiger partial charge on any atom is -0.396 e. The van der Waals surface area contributed by atoms with Crippen molar-refractivity contribution >= 4 is 22.0 Å². The lowest BCUT2D eigenvalue weighted by molar-refractivity contribution is 0.283. The molecule has 0 aliphatic heterocycles. The molecule has 0 aliphatic carbocycles. The lowest BCUT2D eigenvalue weighted by Crippen LogP contribution is -2.10. The van der Waals surface area contributed by atoms with Crippen molar-refractivity contribution in [2.24, 2.45) is 0 Å². The molecule has 3 aromatic rings. The SMILES string of the molecule is CNCCO.O=S(=O)(CCCCCCO)c1ccc(C=Cc2ccc(-c3ccccc3)cc2)cc1. The largest absolute Gasteiger partial charge is 0.396 e. The van der Waals surface area contributed by atoms with Gasteiger partial charge in [0, 0.05) is 13.2 Å². The third kappa shape index (κ3) is 10.6. The van der Waals surface area contributed by atoms with Crippen LogP contribution in [0, 0.1) is 0 Å². The molecular weight excluding hydrogens is 458 g/mol. The molecule has 188 valence electrons. The van der Waals surface area contributed by atoms with E-state index < -0.39 is 9.84 Å². The van der Waals surface area contributed by atoms with Gasteiger partial charge in [0.25, 0.3) is 0 Å². The molecule has 0 heterocycles. The first kappa shape index (κ1) is 28.5. The van der Waals surface area contributed by atoms with Gasteiger partial charge < -0.3 is 15.5 Å². The molecule has 35 heavy (non-hydrogen) atoms. The van der Waals surface area contributed by atoms with Crippen LogP contribution in [0.4, 0.5) is 0 Å². The highest BCUT2D eigenvalue weighted by Gasteiger charge is 2.13. The molecule has 0 saturated carbocycles. The molecule has 0 saturated heterocycles. The first-order chi connectivity index (χ1) is 17.0. The van der Waals surface area contributed by atoms with Crippen LogP contribution in [0.25, 0.3) is 23.3 Å². The molecule has 0 spiro atoms. The Bertz CT molecular complexity index is 1090. The number of aliphatic hydroxyl groups excluding tert-OH is 2. The zero-order valence-electron chi connectivity index (χ0n) is 20.4. The molecule has 0 amide bonds. The Morgan fingerprint density at radius 3 is 1.74 bits per heavy atom. The van der Waals surface area contributed by atoms with E-state index >= 15 is 0 Å². The molecule has 3 N–H and O–H groups in total. The molecule has 0 fully saturated rings. The van der Waals surface area contributed by atoms with Crippen LogP contribution in [0.1, 0.15) is 36.8 Å². The predicted molar refractivity (Wildman–Crippen MR) is 146 cm³/mol. The summed E-state index contributed by atoms with van der Waals surface area (Å²) < 4.78 is 24.9. The Morgan fingerprint density at radius 2 is 1.23 bits per heavy atom. The average Bonchev–Trinajstić information content (AvgIpc) is 2.89. The third-order valence-electron chi connectivity index (χ3n) is 5.41. The summed E-state index contributed by atoms with van der Waals surface area (Å²) in [5, 5.41) is 19.6. The van der Waals surface area contributed by atoms with Crippen LogP contribution in [-0.2, 0) is 9.84 Å². The fourth-order valence-electron chi connectivity index (χ4n) is 3.38. The van der Waals surface area contributed by atoms with E-state index in [-0.39, 0.29) is 19.0 Å². The van der Waals surface area contributed by atoms with Crippen molar-refractivity contribution < 1.29 is 18.6 Å². The van der Waals surface area contributed by atoms with Crippen molar-refractivity contribution in [3.8, 4) is 11.1 Å². The number of sulfone groups is 1. The summed E-state index contributed by atoms with van der Waals surface area (Å²) in [5.74, 6) is 0.154. The molecule has 0 atom stereocenters. The van der Waals surface area contributed by atoms with E-state index in [1.54, 1.807) is 19.2 Å². The second-order valence-corrected chi connectivity index (χ2v) is 10.3. The Kier molecular flexibility index (Phi) is 13.0. The van der Waals surface area contributed by atoms with Crippen LogP contribution in [0.3, 0.4) is 0 Å². The van der Waals surface area contributed by atoms with Crippen molar-refractivity contribution in [3.63, 3.8) is 0 Å². The van der Waals surface area contributed by atoms with Crippen molar-refractivity contribution in [1.29, 1.82) is 0 Å². The molecule has 6 heteroatoms. The van der Waals surface area contributed by atoms with Crippen molar-refractivity contribution in [1.82, 2.24) is 5.32 Å². The van der Waals surface area contributed by atoms with Crippen molar-refractivity contribution in [2.45, 2.75) is 30.6 Å². The average molecular weight is 496 g/mol. The summed E-state index contributed by atoms with van der Waals surface area (Å²) in [6, 6.07) is 25.7. The number of benzene rings is 3. The highest BCUT2D eigenvalue weighted by molar-refractivity contribution is 7.91. The topological polar surface area (TPSA) is 86.6 Å². The fourth-order valence-corrected chi connectivity index (χ4v) is 4.75. The summed E-state index contributed by atoms with van der Waals surface area (Å²) in [5.41, 5.74) is 4.43. The Labute approximate surface area is 210 Å². The van der Waals surface area contributed by atoms with Gasteiger partial charge in [0.15, 0.2) is 9.84 Å². The Hall–Kier alpha value is -2.77. The minimum absolute atomic E-state index is 0.154. The monoisotopic (exact) mass is 495 g/mol. The summed E-state index contributed by atoms with van der Waals surface area (Å²) in [6.07, 6.45) is 7.06. The molecule has 0 aliphatic rings. The van der Waals surface area contributed by atoms with Gasteiger partial charge in [-0.25, -0.2) is 8.42 Å². The van der Waals surface area contributed by atoms with Crippen LogP contribution in [-0.4, -0.2) is 51.2 Å². The van der Waals surface area contributed by atoms with E-state index in [0.717, 1.165) is 30.4 Å². The summed E-state index contributed by atoms with van der Waals surface area (Å²) in [7, 11) is -1.45. The number of hydrogen-bond acceptors (Lipinski definition) is 5. The minimum atomic E-state index is -3.25. The fraction of sp³-hybridized carbons (Fsp3) is 0.310. The Morgan fingerprint density at radius 1 is 0.686 bits per heavy atom. The molecule has 3 aromatic carbocycles. The summed E-state index contributed by atoms with van der Waals surface area (Å²) in [4.78, 5) is 0.369. The van der Waals surface area contributed by atoms with E-state index in [0.29, 0.717) is 17.9 Å². The maximum absolute atomic E-state index is 12.4. The van der Waals surface area contributed by atoms with Gasteiger partial charge in [-0.2, -0.15) is 0 Å².